The summed E-state index contributed by atoms with van der Waals surface area (Å²) >= 11 is 0. The summed E-state index contributed by atoms with van der Waals surface area (Å²) < 4.78 is 69.0. The van der Waals surface area contributed by atoms with Gasteiger partial charge in [-0.25, -0.2) is 9.13 Å². The third-order valence-electron chi connectivity index (χ3n) is 21.5. The van der Waals surface area contributed by atoms with E-state index in [2.05, 4.69) is 58.9 Å². The van der Waals surface area contributed by atoms with Crippen LogP contribution in [0.1, 0.15) is 478 Å². The number of allylic oxidation sites excluding steroid dienone is 4. The minimum absolute atomic E-state index is 0.0860. The second-order valence-electron chi connectivity index (χ2n) is 32.6. The van der Waals surface area contributed by atoms with Crippen molar-refractivity contribution in [1.29, 1.82) is 0 Å². The molecular weight excluding hydrogens is 1440 g/mol. The summed E-state index contributed by atoms with van der Waals surface area (Å²) in [7, 11) is -9.95. The van der Waals surface area contributed by atoms with Gasteiger partial charge in [-0.3, -0.25) is 37.3 Å². The molecule has 0 amide bonds. The van der Waals surface area contributed by atoms with E-state index in [-0.39, 0.29) is 25.7 Å². The molecule has 0 aromatic rings. The lowest BCUT2D eigenvalue weighted by atomic mass is 9.99. The summed E-state index contributed by atoms with van der Waals surface area (Å²) in [6, 6.07) is 0. The molecular formula is C92H176O17P2. The minimum Gasteiger partial charge on any atom is -0.462 e. The van der Waals surface area contributed by atoms with E-state index in [9.17, 15) is 43.2 Å². The first kappa shape index (κ1) is 109. The predicted octanol–water partition coefficient (Wildman–Crippen LogP) is 28.3. The van der Waals surface area contributed by atoms with Crippen LogP contribution in [0.4, 0.5) is 0 Å². The molecule has 3 N–H and O–H groups in total. The molecule has 17 nitrogen and oxygen atoms in total. The van der Waals surface area contributed by atoms with Gasteiger partial charge in [-0.1, -0.05) is 425 Å². The standard InChI is InChI=1S/C92H176O17P2/c1-6-10-13-16-19-22-25-28-30-31-32-33-34-35-39-43-46-51-56-61-66-71-76-90(95)103-82-88(109-92(97)78-73-68-63-58-53-48-44-40-37-36-38-42-45-49-54-59-64-69-74-85(5)9-4)84-107-111(100,101)105-80-86(93)79-104-110(98,99)106-83-87(81-102-89(94)75-70-65-60-55-50-27-24-21-18-15-12-8-3)108-91(96)77-72-67-62-57-52-47-41-29-26-23-20-17-14-11-7-2/h23,26,29,41,85-88,93H,6-22,24-25,27-28,30-40,42-84H2,1-5H3,(H,98,99)(H,100,101)/b26-23-,41-29-/t85?,86-,87+,88+/m0/s1. The fraction of sp³-hybridized carbons (Fsp3) is 0.913. The number of phosphoric ester groups is 2. The number of esters is 4. The fourth-order valence-corrected chi connectivity index (χ4v) is 15.5. The molecule has 0 aliphatic heterocycles. The van der Waals surface area contributed by atoms with Gasteiger partial charge in [0, 0.05) is 25.7 Å². The normalized spacial score (nSPS) is 14.1. The Morgan fingerprint density at radius 1 is 0.288 bits per heavy atom. The first-order chi connectivity index (χ1) is 54.1. The second-order valence-corrected chi connectivity index (χ2v) is 35.5. The van der Waals surface area contributed by atoms with Crippen molar-refractivity contribution in [2.75, 3.05) is 39.6 Å². The zero-order valence-electron chi connectivity index (χ0n) is 72.6. The van der Waals surface area contributed by atoms with Crippen molar-refractivity contribution in [3.63, 3.8) is 0 Å². The molecule has 0 aliphatic carbocycles. The Labute approximate surface area is 682 Å². The first-order valence-electron chi connectivity index (χ1n) is 47.0. The number of rotatable bonds is 90. The number of carbonyl (C=O) groups excluding carboxylic acids is 4. The van der Waals surface area contributed by atoms with Crippen LogP contribution in [-0.2, 0) is 65.4 Å². The molecule has 0 bridgehead atoms. The van der Waals surface area contributed by atoms with E-state index < -0.39 is 97.5 Å². The number of ether oxygens (including phenoxy) is 4. The molecule has 0 heterocycles. The average molecular weight is 1620 g/mol. The molecule has 0 radical (unpaired) electrons. The Hall–Kier alpha value is -2.46. The van der Waals surface area contributed by atoms with Crippen molar-refractivity contribution in [2.24, 2.45) is 5.92 Å². The molecule has 6 atom stereocenters. The lowest BCUT2D eigenvalue weighted by Crippen LogP contribution is -2.30. The van der Waals surface area contributed by atoms with E-state index >= 15 is 0 Å². The van der Waals surface area contributed by atoms with Gasteiger partial charge >= 0.3 is 39.5 Å². The zero-order valence-corrected chi connectivity index (χ0v) is 74.4. The Bertz CT molecular complexity index is 2200. The van der Waals surface area contributed by atoms with E-state index in [4.69, 9.17) is 37.0 Å². The molecule has 111 heavy (non-hydrogen) atoms. The highest BCUT2D eigenvalue weighted by atomic mass is 31.2. The van der Waals surface area contributed by atoms with Gasteiger partial charge in [-0.05, 0) is 57.3 Å². The molecule has 656 valence electrons. The minimum atomic E-state index is -4.97. The highest BCUT2D eigenvalue weighted by Crippen LogP contribution is 2.45. The average Bonchev–Trinajstić information content (AvgIpc) is 0.898. The predicted molar refractivity (Wildman–Crippen MR) is 460 cm³/mol. The molecule has 0 fully saturated rings. The van der Waals surface area contributed by atoms with E-state index in [1.165, 1.54) is 289 Å². The molecule has 0 spiro atoms. The van der Waals surface area contributed by atoms with Crippen LogP contribution >= 0.6 is 15.6 Å². The second kappa shape index (κ2) is 84.0. The summed E-state index contributed by atoms with van der Waals surface area (Å²) in [4.78, 5) is 73.4. The number of hydrogen-bond acceptors (Lipinski definition) is 15. The lowest BCUT2D eigenvalue weighted by Gasteiger charge is -2.21. The van der Waals surface area contributed by atoms with Gasteiger partial charge in [0.05, 0.1) is 26.4 Å². The van der Waals surface area contributed by atoms with Crippen LogP contribution < -0.4 is 0 Å². The van der Waals surface area contributed by atoms with Crippen molar-refractivity contribution in [3.05, 3.63) is 24.3 Å². The van der Waals surface area contributed by atoms with Crippen molar-refractivity contribution in [2.45, 2.75) is 496 Å². The molecule has 0 aliphatic rings. The topological polar surface area (TPSA) is 237 Å². The van der Waals surface area contributed by atoms with Gasteiger partial charge < -0.3 is 33.8 Å². The third-order valence-corrected chi connectivity index (χ3v) is 23.4. The molecule has 0 rings (SSSR count). The van der Waals surface area contributed by atoms with Crippen molar-refractivity contribution >= 4 is 39.5 Å². The van der Waals surface area contributed by atoms with Crippen molar-refractivity contribution in [3.8, 4) is 0 Å². The molecule has 3 unspecified atom stereocenters. The van der Waals surface area contributed by atoms with Crippen LogP contribution in [0, 0.1) is 5.92 Å². The van der Waals surface area contributed by atoms with Crippen molar-refractivity contribution in [1.82, 2.24) is 0 Å². The quantitative estimate of drug-likeness (QED) is 0.0169. The maximum absolute atomic E-state index is 13.2. The monoisotopic (exact) mass is 1620 g/mol. The molecule has 0 aromatic heterocycles. The Morgan fingerprint density at radius 3 is 0.766 bits per heavy atom. The molecule has 0 saturated heterocycles. The van der Waals surface area contributed by atoms with Gasteiger partial charge in [-0.2, -0.15) is 0 Å². The van der Waals surface area contributed by atoms with Gasteiger partial charge in [0.2, 0.25) is 0 Å². The largest absolute Gasteiger partial charge is 0.472 e. The van der Waals surface area contributed by atoms with Crippen LogP contribution in [-0.4, -0.2) is 96.7 Å². The third kappa shape index (κ3) is 83.8. The van der Waals surface area contributed by atoms with Crippen LogP contribution in [0.3, 0.4) is 0 Å². The Kier molecular flexibility index (Phi) is 82.1. The Morgan fingerprint density at radius 2 is 0.505 bits per heavy atom. The van der Waals surface area contributed by atoms with E-state index in [1.807, 2.05) is 0 Å². The smallest absolute Gasteiger partial charge is 0.462 e. The molecule has 0 aromatic carbocycles. The zero-order chi connectivity index (χ0) is 81.1. The van der Waals surface area contributed by atoms with Crippen molar-refractivity contribution < 1.29 is 80.2 Å². The maximum Gasteiger partial charge on any atom is 0.472 e. The highest BCUT2D eigenvalue weighted by Gasteiger charge is 2.31. The number of phosphoric acid groups is 2. The molecule has 0 saturated carbocycles. The molecule has 19 heteroatoms. The lowest BCUT2D eigenvalue weighted by molar-refractivity contribution is -0.161. The van der Waals surface area contributed by atoms with Crippen LogP contribution in [0.2, 0.25) is 0 Å². The summed E-state index contributed by atoms with van der Waals surface area (Å²) in [5, 5.41) is 10.7. The summed E-state index contributed by atoms with van der Waals surface area (Å²) in [6.07, 6.45) is 82.8. The fourth-order valence-electron chi connectivity index (χ4n) is 14.0. The van der Waals surface area contributed by atoms with E-state index in [1.54, 1.807) is 0 Å². The van der Waals surface area contributed by atoms with Gasteiger partial charge in [0.1, 0.15) is 19.3 Å². The van der Waals surface area contributed by atoms with Crippen LogP contribution in [0.5, 0.6) is 0 Å². The number of hydrogen-bond donors (Lipinski definition) is 3. The van der Waals surface area contributed by atoms with Gasteiger partial charge in [-0.15, -0.1) is 0 Å². The van der Waals surface area contributed by atoms with Gasteiger partial charge in [0.25, 0.3) is 0 Å². The summed E-state index contributed by atoms with van der Waals surface area (Å²) in [5.41, 5.74) is 0. The number of aliphatic hydroxyl groups excluding tert-OH is 1. The summed E-state index contributed by atoms with van der Waals surface area (Å²) in [6.45, 7) is 7.39. The Balaban J connectivity index is 5.25. The maximum atomic E-state index is 13.2. The van der Waals surface area contributed by atoms with Crippen LogP contribution in [0.25, 0.3) is 0 Å². The van der Waals surface area contributed by atoms with Gasteiger partial charge in [0.15, 0.2) is 12.2 Å². The summed E-state index contributed by atoms with van der Waals surface area (Å²) in [5.74, 6) is -1.25. The number of aliphatic hydroxyl groups is 1. The van der Waals surface area contributed by atoms with E-state index in [0.717, 1.165) is 109 Å². The first-order valence-corrected chi connectivity index (χ1v) is 50.0. The number of unbranched alkanes of at least 4 members (excludes halogenated alkanes) is 58. The van der Waals surface area contributed by atoms with E-state index in [0.29, 0.717) is 25.7 Å². The number of carbonyl (C=O) groups is 4. The highest BCUT2D eigenvalue weighted by molar-refractivity contribution is 7.47. The van der Waals surface area contributed by atoms with Crippen LogP contribution in [0.15, 0.2) is 24.3 Å². The SMILES string of the molecule is CCCCCC/C=C\C=C/CCCCCCCC(=O)O[C@H](COC(=O)CCCCCCCCCCCCCC)COP(=O)(O)OC[C@H](O)COP(=O)(O)OC[C@@H](COC(=O)CCCCCCCCCCCCCCCCCCCCCCCC)OC(=O)CCCCCCCCCCCCCCCCCCCCC(C)CC.